The third-order valence-corrected chi connectivity index (χ3v) is 7.24. The Morgan fingerprint density at radius 3 is 2.50 bits per heavy atom. The van der Waals surface area contributed by atoms with Crippen LogP contribution in [0, 0.1) is 0 Å². The summed E-state index contributed by atoms with van der Waals surface area (Å²) in [7, 11) is -3.33. The van der Waals surface area contributed by atoms with Crippen LogP contribution >= 0.6 is 0 Å². The Balaban J connectivity index is 1.59. The maximum atomic E-state index is 13.1. The zero-order chi connectivity index (χ0) is 21.1. The Labute approximate surface area is 177 Å². The van der Waals surface area contributed by atoms with Crippen LogP contribution in [0.5, 0.6) is 0 Å². The van der Waals surface area contributed by atoms with Gasteiger partial charge in [-0.3, -0.25) is 0 Å². The number of anilines is 1. The van der Waals surface area contributed by atoms with Gasteiger partial charge in [-0.2, -0.15) is 0 Å². The predicted molar refractivity (Wildman–Crippen MR) is 118 cm³/mol. The molecular formula is C24H24N2O3S. The lowest BCUT2D eigenvalue weighted by Crippen LogP contribution is -2.41. The molecule has 3 aromatic carbocycles. The molecule has 2 amide bonds. The largest absolute Gasteiger partial charge is 0.322 e. The number of nitrogens with one attached hydrogen (secondary N) is 1. The lowest BCUT2D eigenvalue weighted by Gasteiger charge is -2.35. The second kappa shape index (κ2) is 8.32. The Kier molecular flexibility index (Phi) is 5.59. The quantitative estimate of drug-likeness (QED) is 0.668. The molecule has 154 valence electrons. The van der Waals surface area contributed by atoms with Crippen LogP contribution in [-0.4, -0.2) is 31.6 Å². The first-order valence-electron chi connectivity index (χ1n) is 9.99. The average Bonchev–Trinajstić information content (AvgIpc) is 2.79. The van der Waals surface area contributed by atoms with Crippen LogP contribution in [0.1, 0.15) is 29.5 Å². The van der Waals surface area contributed by atoms with Gasteiger partial charge in [-0.15, -0.1) is 0 Å². The van der Waals surface area contributed by atoms with Crippen LogP contribution in [0.15, 0.2) is 83.8 Å². The van der Waals surface area contributed by atoms with Gasteiger partial charge >= 0.3 is 6.03 Å². The number of nitrogens with zero attached hydrogens (tertiary/aromatic N) is 1. The molecule has 0 aromatic heterocycles. The van der Waals surface area contributed by atoms with Gasteiger partial charge in [-0.05, 0) is 34.9 Å². The lowest BCUT2D eigenvalue weighted by molar-refractivity contribution is 0.203. The molecule has 1 unspecified atom stereocenters. The zero-order valence-electron chi connectivity index (χ0n) is 16.8. The van der Waals surface area contributed by atoms with E-state index in [2.05, 4.69) is 29.6 Å². The van der Waals surface area contributed by atoms with E-state index in [9.17, 15) is 13.2 Å². The average molecular weight is 421 g/mol. The van der Waals surface area contributed by atoms with Crippen molar-refractivity contribution in [3.05, 3.63) is 95.6 Å². The Morgan fingerprint density at radius 1 is 1.00 bits per heavy atom. The van der Waals surface area contributed by atoms with Crippen molar-refractivity contribution in [2.45, 2.75) is 24.3 Å². The molecule has 0 spiro atoms. The number of urea groups is 1. The van der Waals surface area contributed by atoms with E-state index >= 15 is 0 Å². The van der Waals surface area contributed by atoms with Crippen LogP contribution < -0.4 is 5.32 Å². The topological polar surface area (TPSA) is 66.5 Å². The molecule has 1 aliphatic rings. The maximum absolute atomic E-state index is 13.1. The second-order valence-corrected chi connectivity index (χ2v) is 9.68. The summed E-state index contributed by atoms with van der Waals surface area (Å²) in [5.41, 5.74) is 4.00. The van der Waals surface area contributed by atoms with E-state index in [0.717, 1.165) is 5.56 Å². The molecule has 0 aliphatic carbocycles. The molecule has 0 bridgehead atoms. The van der Waals surface area contributed by atoms with Crippen molar-refractivity contribution < 1.29 is 13.2 Å². The number of hydrogen-bond donors (Lipinski definition) is 1. The Bertz CT molecular complexity index is 1160. The normalized spacial score (nSPS) is 16.0. The van der Waals surface area contributed by atoms with Crippen molar-refractivity contribution in [3.63, 3.8) is 0 Å². The fourth-order valence-corrected chi connectivity index (χ4v) is 4.79. The summed E-state index contributed by atoms with van der Waals surface area (Å²) < 4.78 is 24.3. The van der Waals surface area contributed by atoms with Crippen LogP contribution in [-0.2, 0) is 16.4 Å². The van der Waals surface area contributed by atoms with Crippen molar-refractivity contribution >= 4 is 21.6 Å². The van der Waals surface area contributed by atoms with Crippen molar-refractivity contribution in [1.29, 1.82) is 0 Å². The van der Waals surface area contributed by atoms with Gasteiger partial charge < -0.3 is 10.2 Å². The van der Waals surface area contributed by atoms with E-state index in [0.29, 0.717) is 18.8 Å². The predicted octanol–water partition coefficient (Wildman–Crippen LogP) is 4.66. The van der Waals surface area contributed by atoms with Gasteiger partial charge in [-0.1, -0.05) is 67.6 Å². The number of benzene rings is 3. The summed E-state index contributed by atoms with van der Waals surface area (Å²) in [6, 6.07) is 24.6. The Hall–Kier alpha value is -3.12. The third-order valence-electron chi connectivity index (χ3n) is 5.51. The SMILES string of the molecule is CCS(=O)(=O)c1cccc(NC(=O)N2Cc3ccccc3C(c3ccccc3)C2)c1. The van der Waals surface area contributed by atoms with Gasteiger partial charge in [0, 0.05) is 24.7 Å². The first-order chi connectivity index (χ1) is 14.5. The first kappa shape index (κ1) is 20.2. The molecule has 5 nitrogen and oxygen atoms in total. The smallest absolute Gasteiger partial charge is 0.319 e. The molecule has 30 heavy (non-hydrogen) atoms. The van der Waals surface area contributed by atoms with Gasteiger partial charge in [0.05, 0.1) is 10.6 Å². The highest BCUT2D eigenvalue weighted by Gasteiger charge is 2.29. The summed E-state index contributed by atoms with van der Waals surface area (Å²) in [5, 5.41) is 2.87. The summed E-state index contributed by atoms with van der Waals surface area (Å²) >= 11 is 0. The van der Waals surface area contributed by atoms with Gasteiger partial charge in [0.1, 0.15) is 0 Å². The number of rotatable bonds is 4. The molecule has 4 rings (SSSR count). The lowest BCUT2D eigenvalue weighted by atomic mass is 9.85. The standard InChI is InChI=1S/C24H24N2O3S/c1-2-30(28,29)21-13-8-12-20(15-21)25-24(27)26-16-19-11-6-7-14-22(19)23(17-26)18-9-4-3-5-10-18/h3-15,23H,2,16-17H2,1H3,(H,25,27). The van der Waals surface area contributed by atoms with E-state index in [1.54, 1.807) is 30.0 Å². The highest BCUT2D eigenvalue weighted by Crippen LogP contribution is 2.33. The van der Waals surface area contributed by atoms with Crippen LogP contribution in [0.3, 0.4) is 0 Å². The molecule has 3 aromatic rings. The summed E-state index contributed by atoms with van der Waals surface area (Å²) in [5.74, 6) is 0.111. The number of hydrogen-bond acceptors (Lipinski definition) is 3. The number of carbonyl (C=O) groups excluding carboxylic acids is 1. The highest BCUT2D eigenvalue weighted by atomic mass is 32.2. The monoisotopic (exact) mass is 420 g/mol. The molecule has 6 heteroatoms. The van der Waals surface area contributed by atoms with Gasteiger partial charge in [-0.25, -0.2) is 13.2 Å². The van der Waals surface area contributed by atoms with E-state index in [1.807, 2.05) is 30.3 Å². The fraction of sp³-hybridized carbons (Fsp3) is 0.208. The molecule has 1 N–H and O–H groups in total. The molecule has 0 saturated heterocycles. The van der Waals surface area contributed by atoms with E-state index in [-0.39, 0.29) is 22.6 Å². The molecular weight excluding hydrogens is 396 g/mol. The maximum Gasteiger partial charge on any atom is 0.322 e. The van der Waals surface area contributed by atoms with E-state index in [1.165, 1.54) is 17.2 Å². The molecule has 1 atom stereocenters. The fourth-order valence-electron chi connectivity index (χ4n) is 3.87. The van der Waals surface area contributed by atoms with Crippen molar-refractivity contribution in [2.75, 3.05) is 17.6 Å². The minimum atomic E-state index is -3.33. The molecule has 0 fully saturated rings. The Morgan fingerprint density at radius 2 is 1.73 bits per heavy atom. The number of carbonyl (C=O) groups is 1. The van der Waals surface area contributed by atoms with Gasteiger partial charge in [0.2, 0.25) is 0 Å². The van der Waals surface area contributed by atoms with Gasteiger partial charge in [0.15, 0.2) is 9.84 Å². The van der Waals surface area contributed by atoms with Gasteiger partial charge in [0.25, 0.3) is 0 Å². The van der Waals surface area contributed by atoms with Crippen molar-refractivity contribution in [2.24, 2.45) is 0 Å². The minimum absolute atomic E-state index is 0.0199. The molecule has 0 radical (unpaired) electrons. The molecule has 1 heterocycles. The minimum Gasteiger partial charge on any atom is -0.319 e. The summed E-state index contributed by atoms with van der Waals surface area (Å²) in [6.45, 7) is 2.67. The zero-order valence-corrected chi connectivity index (χ0v) is 17.6. The van der Waals surface area contributed by atoms with Crippen LogP contribution in [0.2, 0.25) is 0 Å². The van der Waals surface area contributed by atoms with Crippen molar-refractivity contribution in [3.8, 4) is 0 Å². The number of sulfone groups is 1. The first-order valence-corrected chi connectivity index (χ1v) is 11.6. The second-order valence-electron chi connectivity index (χ2n) is 7.40. The van der Waals surface area contributed by atoms with Crippen LogP contribution in [0.25, 0.3) is 0 Å². The highest BCUT2D eigenvalue weighted by molar-refractivity contribution is 7.91. The third kappa shape index (κ3) is 4.09. The van der Waals surface area contributed by atoms with E-state index in [4.69, 9.17) is 0 Å². The van der Waals surface area contributed by atoms with Crippen molar-refractivity contribution in [1.82, 2.24) is 4.90 Å². The molecule has 1 aliphatic heterocycles. The number of amides is 2. The van der Waals surface area contributed by atoms with Crippen LogP contribution in [0.4, 0.5) is 10.5 Å². The van der Waals surface area contributed by atoms with E-state index < -0.39 is 9.84 Å². The summed E-state index contributed by atoms with van der Waals surface area (Å²) in [6.07, 6.45) is 0. The number of fused-ring (bicyclic) bond motifs is 1. The molecule has 0 saturated carbocycles. The summed E-state index contributed by atoms with van der Waals surface area (Å²) in [4.78, 5) is 15.0.